The predicted molar refractivity (Wildman–Crippen MR) is 99.7 cm³/mol. The molecule has 0 radical (unpaired) electrons. The summed E-state index contributed by atoms with van der Waals surface area (Å²) in [6, 6.07) is 0. The normalized spacial score (nSPS) is 16.8. The second-order valence-electron chi connectivity index (χ2n) is 5.38. The molecule has 23 heavy (non-hydrogen) atoms. The smallest absolute Gasteiger partial charge is 0.193 e. The molecule has 1 aliphatic heterocycles. The lowest BCUT2D eigenvalue weighted by Crippen LogP contribution is -2.47. The van der Waals surface area contributed by atoms with Crippen LogP contribution >= 0.6 is 23.1 Å². The minimum atomic E-state index is 0.425. The maximum atomic E-state index is 5.72. The van der Waals surface area contributed by atoms with Gasteiger partial charge in [0.15, 0.2) is 5.96 Å². The number of thioether (sulfide) groups is 1. The third-order valence-corrected chi connectivity index (χ3v) is 5.73. The number of rotatable bonds is 8. The number of likely N-dealkylation sites (tertiary alicyclic amines) is 1. The fourth-order valence-electron chi connectivity index (χ4n) is 2.59. The molecule has 0 bridgehead atoms. The Morgan fingerprint density at radius 3 is 2.96 bits per heavy atom. The third kappa shape index (κ3) is 6.69. The highest BCUT2D eigenvalue weighted by molar-refractivity contribution is 8.00. The second-order valence-corrected chi connectivity index (χ2v) is 7.61. The minimum Gasteiger partial charge on any atom is -0.378 e. The summed E-state index contributed by atoms with van der Waals surface area (Å²) >= 11 is 3.53. The SMILES string of the molecule is CCNC(=NCCCSc1nccs1)N1CCC(OCC)CC1. The van der Waals surface area contributed by atoms with Crippen LogP contribution in [0.25, 0.3) is 0 Å². The van der Waals surface area contributed by atoms with Gasteiger partial charge in [0.2, 0.25) is 0 Å². The molecule has 0 spiro atoms. The first-order chi connectivity index (χ1) is 11.3. The van der Waals surface area contributed by atoms with Gasteiger partial charge in [-0.1, -0.05) is 11.8 Å². The van der Waals surface area contributed by atoms with Crippen molar-refractivity contribution in [3.05, 3.63) is 11.6 Å². The molecule has 1 aromatic heterocycles. The Bertz CT molecular complexity index is 445. The van der Waals surface area contributed by atoms with Gasteiger partial charge in [-0.05, 0) is 33.1 Å². The van der Waals surface area contributed by atoms with E-state index in [1.165, 1.54) is 0 Å². The monoisotopic (exact) mass is 356 g/mol. The summed E-state index contributed by atoms with van der Waals surface area (Å²) in [5.41, 5.74) is 0. The van der Waals surface area contributed by atoms with Crippen LogP contribution in [-0.2, 0) is 4.74 Å². The molecule has 0 amide bonds. The molecule has 5 nitrogen and oxygen atoms in total. The molecule has 1 N–H and O–H groups in total. The third-order valence-electron chi connectivity index (χ3n) is 3.68. The van der Waals surface area contributed by atoms with Crippen molar-refractivity contribution < 1.29 is 4.74 Å². The first kappa shape index (κ1) is 18.5. The Morgan fingerprint density at radius 1 is 1.48 bits per heavy atom. The zero-order valence-electron chi connectivity index (χ0n) is 14.2. The highest BCUT2D eigenvalue weighted by Crippen LogP contribution is 2.20. The number of thiazole rings is 1. The molecule has 130 valence electrons. The largest absolute Gasteiger partial charge is 0.378 e. The van der Waals surface area contributed by atoms with Crippen LogP contribution in [0.4, 0.5) is 0 Å². The van der Waals surface area contributed by atoms with Crippen molar-refractivity contribution >= 4 is 29.1 Å². The van der Waals surface area contributed by atoms with Crippen LogP contribution in [-0.4, -0.2) is 60.5 Å². The molecule has 0 unspecified atom stereocenters. The van der Waals surface area contributed by atoms with E-state index in [2.05, 4.69) is 29.0 Å². The van der Waals surface area contributed by atoms with Gasteiger partial charge in [-0.25, -0.2) is 4.98 Å². The Morgan fingerprint density at radius 2 is 2.30 bits per heavy atom. The lowest BCUT2D eigenvalue weighted by molar-refractivity contribution is 0.0264. The van der Waals surface area contributed by atoms with E-state index >= 15 is 0 Å². The molecular formula is C16H28N4OS2. The lowest BCUT2D eigenvalue weighted by Gasteiger charge is -2.34. The molecule has 0 aromatic carbocycles. The van der Waals surface area contributed by atoms with Gasteiger partial charge in [0, 0.05) is 50.1 Å². The van der Waals surface area contributed by atoms with Gasteiger partial charge in [-0.2, -0.15) is 0 Å². The maximum Gasteiger partial charge on any atom is 0.193 e. The number of ether oxygens (including phenoxy) is 1. The highest BCUT2D eigenvalue weighted by Gasteiger charge is 2.21. The number of nitrogens with zero attached hydrogens (tertiary/aromatic N) is 3. The topological polar surface area (TPSA) is 49.8 Å². The summed E-state index contributed by atoms with van der Waals surface area (Å²) in [5.74, 6) is 2.13. The summed E-state index contributed by atoms with van der Waals surface area (Å²) in [4.78, 5) is 11.4. The van der Waals surface area contributed by atoms with Crippen LogP contribution < -0.4 is 5.32 Å². The van der Waals surface area contributed by atoms with Crippen LogP contribution in [0.5, 0.6) is 0 Å². The van der Waals surface area contributed by atoms with Crippen molar-refractivity contribution in [2.45, 2.75) is 43.6 Å². The van der Waals surface area contributed by atoms with Crippen LogP contribution in [0.2, 0.25) is 0 Å². The number of guanidine groups is 1. The van der Waals surface area contributed by atoms with Gasteiger partial charge < -0.3 is 15.0 Å². The van der Waals surface area contributed by atoms with E-state index in [4.69, 9.17) is 9.73 Å². The minimum absolute atomic E-state index is 0.425. The Hall–Kier alpha value is -0.790. The summed E-state index contributed by atoms with van der Waals surface area (Å²) in [6.45, 7) is 8.86. The van der Waals surface area contributed by atoms with E-state index in [-0.39, 0.29) is 0 Å². The number of hydrogen-bond donors (Lipinski definition) is 1. The van der Waals surface area contributed by atoms with Crippen molar-refractivity contribution in [2.75, 3.05) is 38.5 Å². The zero-order valence-corrected chi connectivity index (χ0v) is 15.8. The first-order valence-electron chi connectivity index (χ1n) is 8.50. The number of piperidine rings is 1. The Kier molecular flexibility index (Phi) is 8.78. The lowest BCUT2D eigenvalue weighted by atomic mass is 10.1. The van der Waals surface area contributed by atoms with Crippen LogP contribution in [0.1, 0.15) is 33.1 Å². The number of hydrogen-bond acceptors (Lipinski definition) is 5. The number of nitrogens with one attached hydrogen (secondary N) is 1. The van der Waals surface area contributed by atoms with Crippen molar-refractivity contribution in [2.24, 2.45) is 4.99 Å². The molecule has 2 heterocycles. The molecule has 1 aromatic rings. The molecule has 0 aliphatic carbocycles. The Balaban J connectivity index is 1.71. The van der Waals surface area contributed by atoms with Crippen LogP contribution in [0.15, 0.2) is 20.9 Å². The van der Waals surface area contributed by atoms with Crippen LogP contribution in [0, 0.1) is 0 Å². The van der Waals surface area contributed by atoms with E-state index < -0.39 is 0 Å². The molecule has 1 fully saturated rings. The molecule has 7 heteroatoms. The van der Waals surface area contributed by atoms with Gasteiger partial charge in [-0.15, -0.1) is 11.3 Å². The zero-order chi connectivity index (χ0) is 16.3. The molecule has 0 atom stereocenters. The van der Waals surface area contributed by atoms with Gasteiger partial charge in [-0.3, -0.25) is 4.99 Å². The Labute approximate surface area is 147 Å². The summed E-state index contributed by atoms with van der Waals surface area (Å²) < 4.78 is 6.88. The van der Waals surface area contributed by atoms with E-state index in [0.717, 1.165) is 68.1 Å². The summed E-state index contributed by atoms with van der Waals surface area (Å²) in [6.07, 6.45) is 5.55. The van der Waals surface area contributed by atoms with Crippen molar-refractivity contribution in [3.8, 4) is 0 Å². The first-order valence-corrected chi connectivity index (χ1v) is 10.4. The maximum absolute atomic E-state index is 5.72. The summed E-state index contributed by atoms with van der Waals surface area (Å²) in [7, 11) is 0. The molecule has 2 rings (SSSR count). The average Bonchev–Trinajstić information content (AvgIpc) is 3.08. The standard InChI is InChI=1S/C16H28N4OS2/c1-3-17-15(20-10-6-14(7-11-20)21-4-2)18-8-5-12-22-16-19-9-13-23-16/h9,13-14H,3-8,10-12H2,1-2H3,(H,17,18). The van der Waals surface area contributed by atoms with E-state index in [9.17, 15) is 0 Å². The molecular weight excluding hydrogens is 328 g/mol. The fourth-order valence-corrected chi connectivity index (χ4v) is 4.22. The fraction of sp³-hybridized carbons (Fsp3) is 0.750. The van der Waals surface area contributed by atoms with Gasteiger partial charge in [0.05, 0.1) is 6.10 Å². The molecule has 1 aliphatic rings. The van der Waals surface area contributed by atoms with Gasteiger partial charge in [0.25, 0.3) is 0 Å². The van der Waals surface area contributed by atoms with Crippen LogP contribution in [0.3, 0.4) is 0 Å². The molecule has 1 saturated heterocycles. The quantitative estimate of drug-likeness (QED) is 0.336. The molecule has 0 saturated carbocycles. The highest BCUT2D eigenvalue weighted by atomic mass is 32.2. The van der Waals surface area contributed by atoms with Crippen molar-refractivity contribution in [3.63, 3.8) is 0 Å². The average molecular weight is 357 g/mol. The van der Waals surface area contributed by atoms with E-state index in [0.29, 0.717) is 6.10 Å². The number of aromatic nitrogens is 1. The van der Waals surface area contributed by atoms with E-state index in [1.54, 1.807) is 11.3 Å². The number of aliphatic imine (C=N–C) groups is 1. The predicted octanol–water partition coefficient (Wildman–Crippen LogP) is 3.09. The van der Waals surface area contributed by atoms with Gasteiger partial charge in [0.1, 0.15) is 4.34 Å². The second kappa shape index (κ2) is 10.9. The van der Waals surface area contributed by atoms with E-state index in [1.807, 2.05) is 23.3 Å². The van der Waals surface area contributed by atoms with Gasteiger partial charge >= 0.3 is 0 Å². The van der Waals surface area contributed by atoms with Crippen molar-refractivity contribution in [1.82, 2.24) is 15.2 Å². The summed E-state index contributed by atoms with van der Waals surface area (Å²) in [5, 5.41) is 5.45. The van der Waals surface area contributed by atoms with Crippen molar-refractivity contribution in [1.29, 1.82) is 0 Å².